The molecule has 0 radical (unpaired) electrons. The SMILES string of the molecule is Cn1cnnc1CNC(=O)c1csc(I)c1. The lowest BCUT2D eigenvalue weighted by Crippen LogP contribution is -2.23. The molecule has 5 nitrogen and oxygen atoms in total. The maximum atomic E-state index is 11.7. The highest BCUT2D eigenvalue weighted by molar-refractivity contribution is 14.1. The van der Waals surface area contributed by atoms with E-state index in [4.69, 9.17) is 0 Å². The van der Waals surface area contributed by atoms with E-state index in [0.717, 1.165) is 8.71 Å². The highest BCUT2D eigenvalue weighted by atomic mass is 127. The van der Waals surface area contributed by atoms with Gasteiger partial charge in [0, 0.05) is 12.4 Å². The molecule has 0 atom stereocenters. The van der Waals surface area contributed by atoms with Gasteiger partial charge >= 0.3 is 0 Å². The molecule has 0 fully saturated rings. The minimum atomic E-state index is -0.0813. The Labute approximate surface area is 110 Å². The Morgan fingerprint density at radius 1 is 1.69 bits per heavy atom. The third kappa shape index (κ3) is 2.59. The van der Waals surface area contributed by atoms with Crippen LogP contribution in [0, 0.1) is 2.88 Å². The van der Waals surface area contributed by atoms with Crippen LogP contribution in [0.5, 0.6) is 0 Å². The molecular weight excluding hydrogens is 339 g/mol. The van der Waals surface area contributed by atoms with Gasteiger partial charge in [-0.3, -0.25) is 4.79 Å². The highest BCUT2D eigenvalue weighted by Crippen LogP contribution is 2.16. The summed E-state index contributed by atoms with van der Waals surface area (Å²) in [6, 6.07) is 1.86. The second-order valence-electron chi connectivity index (χ2n) is 3.18. The number of carbonyl (C=O) groups excluding carboxylic acids is 1. The summed E-state index contributed by atoms with van der Waals surface area (Å²) in [5.41, 5.74) is 0.691. The van der Waals surface area contributed by atoms with Crippen molar-refractivity contribution in [3.8, 4) is 0 Å². The van der Waals surface area contributed by atoms with Gasteiger partial charge in [-0.2, -0.15) is 0 Å². The number of hydrogen-bond donors (Lipinski definition) is 1. The maximum Gasteiger partial charge on any atom is 0.252 e. The van der Waals surface area contributed by atoms with Crippen LogP contribution in [0.4, 0.5) is 0 Å². The fourth-order valence-corrected chi connectivity index (χ4v) is 2.48. The molecule has 0 bridgehead atoms. The third-order valence-corrected chi connectivity index (χ3v) is 3.83. The largest absolute Gasteiger partial charge is 0.345 e. The van der Waals surface area contributed by atoms with Crippen molar-refractivity contribution in [2.45, 2.75) is 6.54 Å². The van der Waals surface area contributed by atoms with Crippen LogP contribution in [0.1, 0.15) is 16.2 Å². The first-order chi connectivity index (χ1) is 7.66. The molecule has 2 aromatic rings. The molecule has 2 heterocycles. The molecule has 0 spiro atoms. The fourth-order valence-electron chi connectivity index (χ4n) is 1.16. The first-order valence-corrected chi connectivity index (χ1v) is 6.48. The summed E-state index contributed by atoms with van der Waals surface area (Å²) in [7, 11) is 1.84. The van der Waals surface area contributed by atoms with E-state index in [-0.39, 0.29) is 5.91 Å². The Hall–Kier alpha value is -0.960. The van der Waals surface area contributed by atoms with Crippen LogP contribution in [0.15, 0.2) is 17.8 Å². The first-order valence-electron chi connectivity index (χ1n) is 4.52. The van der Waals surface area contributed by atoms with E-state index in [1.54, 1.807) is 22.2 Å². The molecule has 0 aliphatic rings. The summed E-state index contributed by atoms with van der Waals surface area (Å²) in [6.07, 6.45) is 1.61. The molecule has 16 heavy (non-hydrogen) atoms. The van der Waals surface area contributed by atoms with Crippen molar-refractivity contribution < 1.29 is 4.79 Å². The van der Waals surface area contributed by atoms with E-state index in [1.807, 2.05) is 18.5 Å². The number of rotatable bonds is 3. The van der Waals surface area contributed by atoms with E-state index in [0.29, 0.717) is 12.1 Å². The molecule has 84 valence electrons. The van der Waals surface area contributed by atoms with E-state index >= 15 is 0 Å². The summed E-state index contributed by atoms with van der Waals surface area (Å²) in [6.45, 7) is 0.391. The van der Waals surface area contributed by atoms with E-state index < -0.39 is 0 Å². The predicted octanol–water partition coefficient (Wildman–Crippen LogP) is 1.41. The molecule has 1 amide bonds. The first kappa shape index (κ1) is 11.5. The van der Waals surface area contributed by atoms with Gasteiger partial charge in [0.2, 0.25) is 0 Å². The average molecular weight is 348 g/mol. The number of aryl methyl sites for hydroxylation is 1. The summed E-state index contributed by atoms with van der Waals surface area (Å²) in [5, 5.41) is 12.3. The summed E-state index contributed by atoms with van der Waals surface area (Å²) < 4.78 is 2.87. The van der Waals surface area contributed by atoms with Gasteiger partial charge in [0.15, 0.2) is 5.82 Å². The number of nitrogens with one attached hydrogen (secondary N) is 1. The van der Waals surface area contributed by atoms with Crippen molar-refractivity contribution in [1.82, 2.24) is 20.1 Å². The van der Waals surface area contributed by atoms with Crippen molar-refractivity contribution in [3.63, 3.8) is 0 Å². The van der Waals surface area contributed by atoms with Crippen LogP contribution in [0.2, 0.25) is 0 Å². The summed E-state index contributed by atoms with van der Waals surface area (Å²) in [5.74, 6) is 0.653. The smallest absolute Gasteiger partial charge is 0.252 e. The Morgan fingerprint density at radius 2 is 2.50 bits per heavy atom. The molecule has 1 N–H and O–H groups in total. The van der Waals surface area contributed by atoms with Crippen LogP contribution in [-0.2, 0) is 13.6 Å². The van der Waals surface area contributed by atoms with Crippen LogP contribution in [0.25, 0.3) is 0 Å². The second kappa shape index (κ2) is 4.91. The molecule has 7 heteroatoms. The lowest BCUT2D eigenvalue weighted by Gasteiger charge is -2.02. The van der Waals surface area contributed by atoms with Gasteiger partial charge in [0.1, 0.15) is 6.33 Å². The zero-order valence-electron chi connectivity index (χ0n) is 8.48. The van der Waals surface area contributed by atoms with Crippen LogP contribution < -0.4 is 5.32 Å². The lowest BCUT2D eigenvalue weighted by atomic mass is 10.3. The number of aromatic nitrogens is 3. The van der Waals surface area contributed by atoms with Gasteiger partial charge in [-0.15, -0.1) is 21.5 Å². The molecule has 2 aromatic heterocycles. The molecule has 0 aliphatic heterocycles. The zero-order valence-corrected chi connectivity index (χ0v) is 11.4. The van der Waals surface area contributed by atoms with Crippen molar-refractivity contribution in [2.75, 3.05) is 0 Å². The van der Waals surface area contributed by atoms with Gasteiger partial charge in [-0.25, -0.2) is 0 Å². The van der Waals surface area contributed by atoms with Gasteiger partial charge < -0.3 is 9.88 Å². The van der Waals surface area contributed by atoms with E-state index in [1.165, 1.54) is 0 Å². The molecule has 2 rings (SSSR count). The number of halogens is 1. The molecule has 0 saturated carbocycles. The Morgan fingerprint density at radius 3 is 3.06 bits per heavy atom. The van der Waals surface area contributed by atoms with Crippen molar-refractivity contribution >= 4 is 39.8 Å². The Balaban J connectivity index is 1.96. The number of nitrogens with zero attached hydrogens (tertiary/aromatic N) is 3. The minimum absolute atomic E-state index is 0.0813. The topological polar surface area (TPSA) is 59.8 Å². The predicted molar refractivity (Wildman–Crippen MR) is 69.2 cm³/mol. The van der Waals surface area contributed by atoms with Gasteiger partial charge in [0.05, 0.1) is 15.0 Å². The fraction of sp³-hybridized carbons (Fsp3) is 0.222. The molecule has 0 unspecified atom stereocenters. The maximum absolute atomic E-state index is 11.7. The van der Waals surface area contributed by atoms with Gasteiger partial charge in [-0.05, 0) is 28.7 Å². The van der Waals surface area contributed by atoms with Crippen molar-refractivity contribution in [3.05, 3.63) is 32.0 Å². The number of carbonyl (C=O) groups is 1. The van der Waals surface area contributed by atoms with Gasteiger partial charge in [0.25, 0.3) is 5.91 Å². The average Bonchev–Trinajstić information content (AvgIpc) is 2.84. The van der Waals surface area contributed by atoms with Crippen molar-refractivity contribution in [2.24, 2.45) is 7.05 Å². The van der Waals surface area contributed by atoms with Crippen LogP contribution in [-0.4, -0.2) is 20.7 Å². The molecular formula is C9H9IN4OS. The van der Waals surface area contributed by atoms with Gasteiger partial charge in [-0.1, -0.05) is 0 Å². The van der Waals surface area contributed by atoms with Crippen LogP contribution in [0.3, 0.4) is 0 Å². The Bertz CT molecular complexity index is 507. The molecule has 0 aliphatic carbocycles. The minimum Gasteiger partial charge on any atom is -0.345 e. The zero-order chi connectivity index (χ0) is 11.5. The standard InChI is InChI=1S/C9H9IN4OS/c1-14-5-12-13-8(14)3-11-9(15)6-2-7(10)16-4-6/h2,4-5H,3H2,1H3,(H,11,15). The number of thiophene rings is 1. The monoisotopic (exact) mass is 348 g/mol. The second-order valence-corrected chi connectivity index (χ2v) is 5.99. The molecule has 0 saturated heterocycles. The summed E-state index contributed by atoms with van der Waals surface area (Å²) >= 11 is 3.74. The third-order valence-electron chi connectivity index (χ3n) is 2.04. The number of hydrogen-bond acceptors (Lipinski definition) is 4. The Kier molecular flexibility index (Phi) is 3.54. The van der Waals surface area contributed by atoms with Crippen LogP contribution >= 0.6 is 33.9 Å². The quantitative estimate of drug-likeness (QED) is 0.854. The number of amides is 1. The summed E-state index contributed by atoms with van der Waals surface area (Å²) in [4.78, 5) is 11.7. The van der Waals surface area contributed by atoms with E-state index in [9.17, 15) is 4.79 Å². The normalized spacial score (nSPS) is 10.4. The van der Waals surface area contributed by atoms with Crippen molar-refractivity contribution in [1.29, 1.82) is 0 Å². The highest BCUT2D eigenvalue weighted by Gasteiger charge is 2.08. The van der Waals surface area contributed by atoms with E-state index in [2.05, 4.69) is 38.1 Å². The lowest BCUT2D eigenvalue weighted by molar-refractivity contribution is 0.0950. The molecule has 0 aromatic carbocycles.